The van der Waals surface area contributed by atoms with Crippen LogP contribution in [0.25, 0.3) is 0 Å². The first-order chi connectivity index (χ1) is 8.81. The Morgan fingerprint density at radius 3 is 2.83 bits per heavy atom. The normalized spacial score (nSPS) is 15.4. The van der Waals surface area contributed by atoms with Gasteiger partial charge in [-0.15, -0.1) is 0 Å². The van der Waals surface area contributed by atoms with Crippen LogP contribution in [0.4, 0.5) is 0 Å². The fourth-order valence-corrected chi connectivity index (χ4v) is 2.01. The minimum Gasteiger partial charge on any atom is -0.486 e. The van der Waals surface area contributed by atoms with Crippen LogP contribution in [0.1, 0.15) is 31.4 Å². The lowest BCUT2D eigenvalue weighted by molar-refractivity contribution is 0.142. The third kappa shape index (κ3) is 3.37. The molecule has 100 valence electrons. The van der Waals surface area contributed by atoms with Crippen LogP contribution in [-0.4, -0.2) is 26.4 Å². The van der Waals surface area contributed by atoms with Crippen LogP contribution in [0.3, 0.4) is 0 Å². The second-order valence-corrected chi connectivity index (χ2v) is 4.35. The molecule has 0 aromatic heterocycles. The third-order valence-electron chi connectivity index (χ3n) is 3.00. The minimum absolute atomic E-state index is 0.0290. The molecule has 1 aliphatic rings. The van der Waals surface area contributed by atoms with E-state index in [1.54, 1.807) is 0 Å². The van der Waals surface area contributed by atoms with Crippen LogP contribution in [-0.2, 0) is 4.74 Å². The predicted octanol–water partition coefficient (Wildman–Crippen LogP) is 2.27. The average molecular weight is 251 g/mol. The molecule has 1 aromatic carbocycles. The Morgan fingerprint density at radius 2 is 2.06 bits per heavy atom. The molecule has 18 heavy (non-hydrogen) atoms. The molecule has 0 fully saturated rings. The summed E-state index contributed by atoms with van der Waals surface area (Å²) in [6, 6.07) is 5.96. The lowest BCUT2D eigenvalue weighted by Crippen LogP contribution is -2.17. The first-order valence-corrected chi connectivity index (χ1v) is 6.54. The minimum atomic E-state index is 0.0290. The summed E-state index contributed by atoms with van der Waals surface area (Å²) in [5.41, 5.74) is 7.25. The van der Waals surface area contributed by atoms with Crippen LogP contribution in [0.5, 0.6) is 11.5 Å². The molecule has 0 spiro atoms. The summed E-state index contributed by atoms with van der Waals surface area (Å²) in [7, 11) is 0. The molecular formula is C14H21NO3. The molecule has 1 atom stereocenters. The van der Waals surface area contributed by atoms with Crippen LogP contribution in [0, 0.1) is 0 Å². The zero-order chi connectivity index (χ0) is 12.8. The summed E-state index contributed by atoms with van der Waals surface area (Å²) in [5, 5.41) is 0. The molecule has 0 bridgehead atoms. The van der Waals surface area contributed by atoms with Crippen molar-refractivity contribution in [1.29, 1.82) is 0 Å². The SMILES string of the molecule is CCOCCCC(N)c1ccc2c(c1)OCCO2. The fraction of sp³-hybridized carbons (Fsp3) is 0.571. The van der Waals surface area contributed by atoms with E-state index in [0.717, 1.165) is 43.1 Å². The van der Waals surface area contributed by atoms with E-state index in [-0.39, 0.29) is 6.04 Å². The average Bonchev–Trinajstić information content (AvgIpc) is 2.43. The number of nitrogens with two attached hydrogens (primary N) is 1. The molecule has 1 aliphatic heterocycles. The number of fused-ring (bicyclic) bond motifs is 1. The Morgan fingerprint density at radius 1 is 1.28 bits per heavy atom. The van der Waals surface area contributed by atoms with Crippen molar-refractivity contribution in [1.82, 2.24) is 0 Å². The monoisotopic (exact) mass is 251 g/mol. The summed E-state index contributed by atoms with van der Waals surface area (Å²) >= 11 is 0. The third-order valence-corrected chi connectivity index (χ3v) is 3.00. The van der Waals surface area contributed by atoms with Crippen molar-refractivity contribution in [3.63, 3.8) is 0 Å². The molecule has 1 unspecified atom stereocenters. The summed E-state index contributed by atoms with van der Waals surface area (Å²) in [5.74, 6) is 1.62. The Bertz CT molecular complexity index is 381. The predicted molar refractivity (Wildman–Crippen MR) is 70.1 cm³/mol. The maximum Gasteiger partial charge on any atom is 0.161 e. The zero-order valence-corrected chi connectivity index (χ0v) is 10.9. The summed E-state index contributed by atoms with van der Waals surface area (Å²) in [6.07, 6.45) is 1.89. The van der Waals surface area contributed by atoms with Crippen molar-refractivity contribution in [3.05, 3.63) is 23.8 Å². The lowest BCUT2D eigenvalue weighted by Gasteiger charge is -2.20. The Hall–Kier alpha value is -1.26. The van der Waals surface area contributed by atoms with Crippen LogP contribution in [0.15, 0.2) is 18.2 Å². The Balaban J connectivity index is 1.91. The summed E-state index contributed by atoms with van der Waals surface area (Å²) < 4.78 is 16.3. The molecule has 0 saturated carbocycles. The van der Waals surface area contributed by atoms with Crippen molar-refractivity contribution < 1.29 is 14.2 Å². The van der Waals surface area contributed by atoms with E-state index in [2.05, 4.69) is 0 Å². The van der Waals surface area contributed by atoms with Gasteiger partial charge in [-0.1, -0.05) is 6.07 Å². The van der Waals surface area contributed by atoms with Crippen molar-refractivity contribution in [2.45, 2.75) is 25.8 Å². The number of benzene rings is 1. The van der Waals surface area contributed by atoms with Gasteiger partial charge >= 0.3 is 0 Å². The highest BCUT2D eigenvalue weighted by atomic mass is 16.6. The van der Waals surface area contributed by atoms with E-state index in [9.17, 15) is 0 Å². The number of hydrogen-bond donors (Lipinski definition) is 1. The quantitative estimate of drug-likeness (QED) is 0.788. The van der Waals surface area contributed by atoms with Gasteiger partial charge in [-0.3, -0.25) is 0 Å². The number of rotatable bonds is 6. The summed E-state index contributed by atoms with van der Waals surface area (Å²) in [4.78, 5) is 0. The van der Waals surface area contributed by atoms with Gasteiger partial charge in [-0.2, -0.15) is 0 Å². The van der Waals surface area contributed by atoms with Crippen molar-refractivity contribution in [2.75, 3.05) is 26.4 Å². The molecule has 1 aromatic rings. The first-order valence-electron chi connectivity index (χ1n) is 6.54. The first kappa shape index (κ1) is 13.2. The standard InChI is InChI=1S/C14H21NO3/c1-2-16-7-3-4-12(15)11-5-6-13-14(10-11)18-9-8-17-13/h5-6,10,12H,2-4,7-9,15H2,1H3. The van der Waals surface area contributed by atoms with E-state index in [0.29, 0.717) is 13.2 Å². The second kappa shape index (κ2) is 6.61. The molecule has 0 radical (unpaired) electrons. The highest BCUT2D eigenvalue weighted by Gasteiger charge is 2.14. The molecule has 0 aliphatic carbocycles. The second-order valence-electron chi connectivity index (χ2n) is 4.35. The largest absolute Gasteiger partial charge is 0.486 e. The molecule has 0 amide bonds. The molecule has 4 nitrogen and oxygen atoms in total. The zero-order valence-electron chi connectivity index (χ0n) is 10.9. The molecule has 0 saturated heterocycles. The molecule has 4 heteroatoms. The maximum absolute atomic E-state index is 6.16. The summed E-state index contributed by atoms with van der Waals surface area (Å²) in [6.45, 7) is 4.76. The molecular weight excluding hydrogens is 230 g/mol. The van der Waals surface area contributed by atoms with E-state index in [4.69, 9.17) is 19.9 Å². The molecule has 2 rings (SSSR count). The number of ether oxygens (including phenoxy) is 3. The highest BCUT2D eigenvalue weighted by molar-refractivity contribution is 5.44. The van der Waals surface area contributed by atoms with E-state index >= 15 is 0 Å². The Labute approximate surface area is 108 Å². The molecule has 1 heterocycles. The van der Waals surface area contributed by atoms with Gasteiger partial charge in [-0.05, 0) is 37.5 Å². The highest BCUT2D eigenvalue weighted by Crippen LogP contribution is 2.32. The van der Waals surface area contributed by atoms with Crippen molar-refractivity contribution in [2.24, 2.45) is 5.73 Å². The van der Waals surface area contributed by atoms with Gasteiger partial charge in [0.1, 0.15) is 13.2 Å². The van der Waals surface area contributed by atoms with Gasteiger partial charge in [0.25, 0.3) is 0 Å². The van der Waals surface area contributed by atoms with Gasteiger partial charge in [0.05, 0.1) is 0 Å². The van der Waals surface area contributed by atoms with Gasteiger partial charge < -0.3 is 19.9 Å². The van der Waals surface area contributed by atoms with Crippen LogP contribution < -0.4 is 15.2 Å². The Kier molecular flexibility index (Phi) is 4.84. The van der Waals surface area contributed by atoms with E-state index in [1.165, 1.54) is 0 Å². The van der Waals surface area contributed by atoms with E-state index < -0.39 is 0 Å². The van der Waals surface area contributed by atoms with Crippen LogP contribution in [0.2, 0.25) is 0 Å². The smallest absolute Gasteiger partial charge is 0.161 e. The van der Waals surface area contributed by atoms with Gasteiger partial charge in [0.15, 0.2) is 11.5 Å². The fourth-order valence-electron chi connectivity index (χ4n) is 2.01. The van der Waals surface area contributed by atoms with Crippen molar-refractivity contribution in [3.8, 4) is 11.5 Å². The van der Waals surface area contributed by atoms with Gasteiger partial charge in [0.2, 0.25) is 0 Å². The molecule has 2 N–H and O–H groups in total. The van der Waals surface area contributed by atoms with E-state index in [1.807, 2.05) is 25.1 Å². The van der Waals surface area contributed by atoms with Crippen molar-refractivity contribution >= 4 is 0 Å². The number of hydrogen-bond acceptors (Lipinski definition) is 4. The van der Waals surface area contributed by atoms with Crippen LogP contribution >= 0.6 is 0 Å². The van der Waals surface area contributed by atoms with Gasteiger partial charge in [0, 0.05) is 19.3 Å². The van der Waals surface area contributed by atoms with Gasteiger partial charge in [-0.25, -0.2) is 0 Å². The maximum atomic E-state index is 6.16. The lowest BCUT2D eigenvalue weighted by atomic mass is 10.0. The topological polar surface area (TPSA) is 53.7 Å².